The molecule has 8 nitrogen and oxygen atoms in total. The maximum Gasteiger partial charge on any atom is 0.417 e. The number of anilines is 2. The van der Waals surface area contributed by atoms with Gasteiger partial charge < -0.3 is 20.4 Å². The SMILES string of the molecule is O=C(Nc1ccc(N2CCC(CO)CC2)cc1C(=O)N/N=C\c1ccc(Cl)c(C(F)(F)F)c1)c1cccc(CSCCO)c1. The van der Waals surface area contributed by atoms with Gasteiger partial charge in [0.2, 0.25) is 0 Å². The quantitative estimate of drug-likeness (QED) is 0.119. The summed E-state index contributed by atoms with van der Waals surface area (Å²) in [6, 6.07) is 15.4. The third-order valence-electron chi connectivity index (χ3n) is 7.10. The van der Waals surface area contributed by atoms with Crippen LogP contribution in [-0.2, 0) is 11.9 Å². The Morgan fingerprint density at radius 1 is 1.05 bits per heavy atom. The third kappa shape index (κ3) is 8.98. The molecule has 234 valence electrons. The van der Waals surface area contributed by atoms with E-state index in [1.807, 2.05) is 6.07 Å². The first-order chi connectivity index (χ1) is 21.1. The molecule has 1 saturated heterocycles. The standard InChI is InChI=1S/C31H32ClF3N4O4S/c32-27-6-4-21(15-26(27)31(33,34)35)17-36-38-30(43)25-16-24(39-10-8-20(18-41)9-11-39)5-7-28(25)37-29(42)23-3-1-2-22(14-23)19-44-13-12-40/h1-7,14-17,20,40-41H,8-13,18-19H2,(H,37,42)(H,38,43)/b36-17-. The Kier molecular flexibility index (Phi) is 11.7. The summed E-state index contributed by atoms with van der Waals surface area (Å²) in [6.45, 7) is 1.53. The van der Waals surface area contributed by atoms with E-state index in [0.717, 1.165) is 42.4 Å². The fourth-order valence-corrected chi connectivity index (χ4v) is 5.63. The topological polar surface area (TPSA) is 114 Å². The summed E-state index contributed by atoms with van der Waals surface area (Å²) in [6.07, 6.45) is -2.00. The van der Waals surface area contributed by atoms with Gasteiger partial charge in [0.15, 0.2) is 0 Å². The lowest BCUT2D eigenvalue weighted by atomic mass is 9.97. The molecule has 0 unspecified atom stereocenters. The van der Waals surface area contributed by atoms with Crippen LogP contribution in [0.15, 0.2) is 65.8 Å². The molecule has 3 aromatic carbocycles. The number of amides is 2. The second-order valence-corrected chi connectivity index (χ2v) is 11.7. The zero-order valence-corrected chi connectivity index (χ0v) is 25.2. The number of carbonyl (C=O) groups excluding carboxylic acids is 2. The monoisotopic (exact) mass is 648 g/mol. The van der Waals surface area contributed by atoms with E-state index in [1.165, 1.54) is 17.8 Å². The number of hydrogen-bond donors (Lipinski definition) is 4. The van der Waals surface area contributed by atoms with Crippen molar-refractivity contribution in [3.05, 3.63) is 93.5 Å². The molecule has 1 heterocycles. The highest BCUT2D eigenvalue weighted by Crippen LogP contribution is 2.35. The molecule has 0 spiro atoms. The fourth-order valence-electron chi connectivity index (χ4n) is 4.72. The molecule has 1 aliphatic rings. The minimum absolute atomic E-state index is 0.0590. The summed E-state index contributed by atoms with van der Waals surface area (Å²) >= 11 is 7.22. The van der Waals surface area contributed by atoms with Gasteiger partial charge in [0.25, 0.3) is 11.8 Å². The highest BCUT2D eigenvalue weighted by Gasteiger charge is 2.33. The van der Waals surface area contributed by atoms with Crippen LogP contribution in [0.2, 0.25) is 5.02 Å². The maximum atomic E-state index is 13.3. The minimum atomic E-state index is -4.65. The number of nitrogens with zero attached hydrogens (tertiary/aromatic N) is 2. The Hall–Kier alpha value is -3.58. The predicted molar refractivity (Wildman–Crippen MR) is 168 cm³/mol. The highest BCUT2D eigenvalue weighted by molar-refractivity contribution is 7.98. The second kappa shape index (κ2) is 15.4. The van der Waals surface area contributed by atoms with Gasteiger partial charge in [0, 0.05) is 42.5 Å². The van der Waals surface area contributed by atoms with Gasteiger partial charge in [-0.05, 0) is 72.4 Å². The molecule has 4 rings (SSSR count). The molecule has 0 aliphatic carbocycles. The van der Waals surface area contributed by atoms with Crippen molar-refractivity contribution < 1.29 is 33.0 Å². The first-order valence-electron chi connectivity index (χ1n) is 13.9. The predicted octanol–water partition coefficient (Wildman–Crippen LogP) is 5.81. The van der Waals surface area contributed by atoms with Crippen LogP contribution in [0.5, 0.6) is 0 Å². The number of aliphatic hydroxyl groups is 2. The number of piperidine rings is 1. The molecular weight excluding hydrogens is 617 g/mol. The normalized spacial score (nSPS) is 14.2. The van der Waals surface area contributed by atoms with Gasteiger partial charge in [-0.2, -0.15) is 30.0 Å². The largest absolute Gasteiger partial charge is 0.417 e. The average molecular weight is 649 g/mol. The fraction of sp³-hybridized carbons (Fsp3) is 0.323. The molecule has 0 radical (unpaired) electrons. The molecular formula is C31H32ClF3N4O4S. The lowest BCUT2D eigenvalue weighted by Crippen LogP contribution is -2.35. The van der Waals surface area contributed by atoms with E-state index in [2.05, 4.69) is 20.7 Å². The van der Waals surface area contributed by atoms with Crippen molar-refractivity contribution >= 4 is 52.8 Å². The smallest absolute Gasteiger partial charge is 0.396 e. The molecule has 0 atom stereocenters. The number of carbonyl (C=O) groups is 2. The van der Waals surface area contributed by atoms with E-state index >= 15 is 0 Å². The van der Waals surface area contributed by atoms with Crippen LogP contribution >= 0.6 is 23.4 Å². The zero-order chi connectivity index (χ0) is 31.7. The van der Waals surface area contributed by atoms with E-state index < -0.39 is 28.6 Å². The number of hydrogen-bond acceptors (Lipinski definition) is 7. The number of benzene rings is 3. The first kappa shape index (κ1) is 33.3. The molecule has 13 heteroatoms. The number of aliphatic hydroxyl groups excluding tert-OH is 2. The molecule has 3 aromatic rings. The van der Waals surface area contributed by atoms with Crippen molar-refractivity contribution in [3.8, 4) is 0 Å². The molecule has 0 aromatic heterocycles. The van der Waals surface area contributed by atoms with Crippen molar-refractivity contribution in [2.24, 2.45) is 11.0 Å². The van der Waals surface area contributed by atoms with Crippen LogP contribution in [0, 0.1) is 5.92 Å². The Bertz CT molecular complexity index is 1500. The molecule has 0 bridgehead atoms. The number of hydrazone groups is 1. The van der Waals surface area contributed by atoms with Gasteiger partial charge in [-0.3, -0.25) is 9.59 Å². The third-order valence-corrected chi connectivity index (χ3v) is 8.44. The van der Waals surface area contributed by atoms with Crippen molar-refractivity contribution in [3.63, 3.8) is 0 Å². The molecule has 1 aliphatic heterocycles. The molecule has 1 fully saturated rings. The van der Waals surface area contributed by atoms with Crippen LogP contribution < -0.4 is 15.6 Å². The number of rotatable bonds is 11. The Labute approximate surface area is 262 Å². The summed E-state index contributed by atoms with van der Waals surface area (Å²) in [5.41, 5.74) is 3.77. The van der Waals surface area contributed by atoms with E-state index in [0.29, 0.717) is 30.2 Å². The summed E-state index contributed by atoms with van der Waals surface area (Å²) < 4.78 is 39.7. The Balaban J connectivity index is 1.56. The van der Waals surface area contributed by atoms with Gasteiger partial charge >= 0.3 is 6.18 Å². The number of nitrogens with one attached hydrogen (secondary N) is 2. The molecule has 4 N–H and O–H groups in total. The number of alkyl halides is 3. The minimum Gasteiger partial charge on any atom is -0.396 e. The number of thioether (sulfide) groups is 1. The lowest BCUT2D eigenvalue weighted by Gasteiger charge is -2.33. The first-order valence-corrected chi connectivity index (χ1v) is 15.4. The van der Waals surface area contributed by atoms with Crippen LogP contribution in [0.4, 0.5) is 24.5 Å². The summed E-state index contributed by atoms with van der Waals surface area (Å²) in [5, 5.41) is 24.7. The Morgan fingerprint density at radius 2 is 1.82 bits per heavy atom. The van der Waals surface area contributed by atoms with E-state index in [-0.39, 0.29) is 35.9 Å². The van der Waals surface area contributed by atoms with E-state index in [4.69, 9.17) is 16.7 Å². The molecule has 0 saturated carbocycles. The second-order valence-electron chi connectivity index (χ2n) is 10.2. The molecule has 44 heavy (non-hydrogen) atoms. The summed E-state index contributed by atoms with van der Waals surface area (Å²) in [5.74, 6) is 0.290. The zero-order valence-electron chi connectivity index (χ0n) is 23.6. The van der Waals surface area contributed by atoms with Gasteiger partial charge in [-0.15, -0.1) is 0 Å². The average Bonchev–Trinajstić information content (AvgIpc) is 3.01. The van der Waals surface area contributed by atoms with Gasteiger partial charge in [-0.25, -0.2) is 5.43 Å². The van der Waals surface area contributed by atoms with Gasteiger partial charge in [0.05, 0.1) is 34.7 Å². The van der Waals surface area contributed by atoms with Gasteiger partial charge in [-0.1, -0.05) is 29.8 Å². The van der Waals surface area contributed by atoms with Crippen LogP contribution in [0.25, 0.3) is 0 Å². The van der Waals surface area contributed by atoms with Crippen LogP contribution in [0.1, 0.15) is 50.2 Å². The van der Waals surface area contributed by atoms with E-state index in [1.54, 1.807) is 36.4 Å². The van der Waals surface area contributed by atoms with Crippen molar-refractivity contribution in [1.29, 1.82) is 0 Å². The van der Waals surface area contributed by atoms with Crippen molar-refractivity contribution in [2.45, 2.75) is 24.8 Å². The highest BCUT2D eigenvalue weighted by atomic mass is 35.5. The van der Waals surface area contributed by atoms with Gasteiger partial charge in [0.1, 0.15) is 0 Å². The van der Waals surface area contributed by atoms with Crippen molar-refractivity contribution in [2.75, 3.05) is 42.3 Å². The van der Waals surface area contributed by atoms with E-state index in [9.17, 15) is 27.9 Å². The Morgan fingerprint density at radius 3 is 2.52 bits per heavy atom. The lowest BCUT2D eigenvalue weighted by molar-refractivity contribution is -0.137. The molecule has 2 amide bonds. The summed E-state index contributed by atoms with van der Waals surface area (Å²) in [7, 11) is 0. The summed E-state index contributed by atoms with van der Waals surface area (Å²) in [4.78, 5) is 28.6. The maximum absolute atomic E-state index is 13.3. The van der Waals surface area contributed by atoms with Crippen LogP contribution in [-0.4, -0.2) is 60.3 Å². The number of halogens is 4. The van der Waals surface area contributed by atoms with Crippen molar-refractivity contribution in [1.82, 2.24) is 5.43 Å². The van der Waals surface area contributed by atoms with Crippen LogP contribution in [0.3, 0.4) is 0 Å².